The average Bonchev–Trinajstić information content (AvgIpc) is 2.64. The lowest BCUT2D eigenvalue weighted by Gasteiger charge is -2.47. The molecular weight excluding hydrogens is 240 g/mol. The summed E-state index contributed by atoms with van der Waals surface area (Å²) in [7, 11) is 0. The van der Waals surface area contributed by atoms with Gasteiger partial charge in [-0.2, -0.15) is 0 Å². The third-order valence-electron chi connectivity index (χ3n) is 5.11. The zero-order valence-electron chi connectivity index (χ0n) is 11.1. The van der Waals surface area contributed by atoms with Crippen LogP contribution in [-0.4, -0.2) is 22.3 Å². The van der Waals surface area contributed by atoms with Crippen molar-refractivity contribution in [1.29, 1.82) is 0 Å². The lowest BCUT2D eigenvalue weighted by atomic mass is 9.59. The molecule has 1 N–H and O–H groups in total. The number of carbonyl (C=O) groups is 2. The molecule has 2 fully saturated rings. The van der Waals surface area contributed by atoms with Crippen LogP contribution >= 0.6 is 0 Å². The SMILES string of the molecule is C[C@]12CCC(=O)[C@H](c3ccccc3)[C@@]1(O)CCC2=O. The number of rotatable bonds is 1. The van der Waals surface area contributed by atoms with Gasteiger partial charge < -0.3 is 5.11 Å². The molecule has 0 aliphatic heterocycles. The van der Waals surface area contributed by atoms with Gasteiger partial charge in [0.05, 0.1) is 16.9 Å². The number of Topliss-reactive ketones (excluding diaryl/α,β-unsaturated/α-hetero) is 2. The van der Waals surface area contributed by atoms with Crippen molar-refractivity contribution >= 4 is 11.6 Å². The van der Waals surface area contributed by atoms with E-state index in [0.717, 1.165) is 5.56 Å². The topological polar surface area (TPSA) is 54.4 Å². The van der Waals surface area contributed by atoms with Gasteiger partial charge in [0, 0.05) is 12.8 Å². The van der Waals surface area contributed by atoms with E-state index < -0.39 is 16.9 Å². The largest absolute Gasteiger partial charge is 0.388 e. The number of hydrogen-bond acceptors (Lipinski definition) is 3. The van der Waals surface area contributed by atoms with Crippen molar-refractivity contribution in [3.8, 4) is 0 Å². The summed E-state index contributed by atoms with van der Waals surface area (Å²) in [6.45, 7) is 1.82. The quantitative estimate of drug-likeness (QED) is 0.840. The summed E-state index contributed by atoms with van der Waals surface area (Å²) < 4.78 is 0. The van der Waals surface area contributed by atoms with Crippen molar-refractivity contribution in [3.05, 3.63) is 35.9 Å². The highest BCUT2D eigenvalue weighted by molar-refractivity contribution is 5.96. The predicted octanol–water partition coefficient (Wildman–Crippen LogP) is 2.23. The summed E-state index contributed by atoms with van der Waals surface area (Å²) in [4.78, 5) is 24.5. The molecule has 2 aliphatic rings. The molecule has 0 aromatic heterocycles. The lowest BCUT2D eigenvalue weighted by Crippen LogP contribution is -2.55. The van der Waals surface area contributed by atoms with E-state index in [1.165, 1.54) is 0 Å². The van der Waals surface area contributed by atoms with Gasteiger partial charge in [0.25, 0.3) is 0 Å². The van der Waals surface area contributed by atoms with Crippen molar-refractivity contribution in [2.24, 2.45) is 5.41 Å². The van der Waals surface area contributed by atoms with Crippen LogP contribution in [0.25, 0.3) is 0 Å². The molecule has 0 heterocycles. The van der Waals surface area contributed by atoms with Crippen LogP contribution < -0.4 is 0 Å². The Morgan fingerprint density at radius 1 is 1.11 bits per heavy atom. The normalized spacial score (nSPS) is 38.3. The Kier molecular flexibility index (Phi) is 2.65. The van der Waals surface area contributed by atoms with Gasteiger partial charge in [-0.15, -0.1) is 0 Å². The summed E-state index contributed by atoms with van der Waals surface area (Å²) in [5, 5.41) is 11.1. The van der Waals surface area contributed by atoms with Crippen LogP contribution in [0, 0.1) is 5.41 Å². The summed E-state index contributed by atoms with van der Waals surface area (Å²) >= 11 is 0. The van der Waals surface area contributed by atoms with Gasteiger partial charge in [-0.05, 0) is 25.3 Å². The fraction of sp³-hybridized carbons (Fsp3) is 0.500. The fourth-order valence-corrected chi connectivity index (χ4v) is 3.81. The van der Waals surface area contributed by atoms with Crippen LogP contribution in [0.3, 0.4) is 0 Å². The first-order valence-corrected chi connectivity index (χ1v) is 6.82. The number of benzene rings is 1. The van der Waals surface area contributed by atoms with Crippen LogP contribution in [0.2, 0.25) is 0 Å². The van der Waals surface area contributed by atoms with E-state index >= 15 is 0 Å². The lowest BCUT2D eigenvalue weighted by molar-refractivity contribution is -0.153. The molecule has 3 heteroatoms. The van der Waals surface area contributed by atoms with E-state index in [1.807, 2.05) is 37.3 Å². The summed E-state index contributed by atoms with van der Waals surface area (Å²) in [5.74, 6) is -0.400. The van der Waals surface area contributed by atoms with E-state index in [0.29, 0.717) is 25.7 Å². The summed E-state index contributed by atoms with van der Waals surface area (Å²) in [5.41, 5.74) is -1.14. The predicted molar refractivity (Wildman–Crippen MR) is 70.7 cm³/mol. The number of hydrogen-bond donors (Lipinski definition) is 1. The van der Waals surface area contributed by atoms with Gasteiger partial charge in [-0.1, -0.05) is 30.3 Å². The molecular formula is C16H18O3. The molecule has 0 radical (unpaired) electrons. The second-order valence-electron chi connectivity index (χ2n) is 5.99. The first-order valence-electron chi connectivity index (χ1n) is 6.82. The highest BCUT2D eigenvalue weighted by atomic mass is 16.3. The Labute approximate surface area is 112 Å². The van der Waals surface area contributed by atoms with Crippen LogP contribution in [0.4, 0.5) is 0 Å². The van der Waals surface area contributed by atoms with Crippen LogP contribution in [0.1, 0.15) is 44.1 Å². The van der Waals surface area contributed by atoms with Crippen molar-refractivity contribution in [3.63, 3.8) is 0 Å². The maximum Gasteiger partial charge on any atom is 0.143 e. The molecule has 0 unspecified atom stereocenters. The molecule has 0 bridgehead atoms. The molecule has 0 spiro atoms. The van der Waals surface area contributed by atoms with Crippen LogP contribution in [0.15, 0.2) is 30.3 Å². The van der Waals surface area contributed by atoms with E-state index in [1.54, 1.807) is 0 Å². The fourth-order valence-electron chi connectivity index (χ4n) is 3.81. The molecule has 100 valence electrons. The highest BCUT2D eigenvalue weighted by Gasteiger charge is 2.64. The second-order valence-corrected chi connectivity index (χ2v) is 5.99. The minimum atomic E-state index is -1.21. The van der Waals surface area contributed by atoms with Gasteiger partial charge in [-0.3, -0.25) is 9.59 Å². The summed E-state index contributed by atoms with van der Waals surface area (Å²) in [6, 6.07) is 9.37. The number of carbonyl (C=O) groups excluding carboxylic acids is 2. The van der Waals surface area contributed by atoms with Crippen molar-refractivity contribution in [1.82, 2.24) is 0 Å². The average molecular weight is 258 g/mol. The number of fused-ring (bicyclic) bond motifs is 1. The molecule has 0 amide bonds. The maximum absolute atomic E-state index is 12.3. The Bertz CT molecular complexity index is 536. The monoisotopic (exact) mass is 258 g/mol. The van der Waals surface area contributed by atoms with Crippen LogP contribution in [0.5, 0.6) is 0 Å². The number of aliphatic hydroxyl groups is 1. The zero-order valence-corrected chi connectivity index (χ0v) is 11.1. The van der Waals surface area contributed by atoms with Crippen LogP contribution in [-0.2, 0) is 9.59 Å². The Morgan fingerprint density at radius 3 is 2.47 bits per heavy atom. The minimum absolute atomic E-state index is 0.0564. The van der Waals surface area contributed by atoms with E-state index in [9.17, 15) is 14.7 Å². The van der Waals surface area contributed by atoms with Gasteiger partial charge in [0.1, 0.15) is 11.6 Å². The van der Waals surface area contributed by atoms with Crippen molar-refractivity contribution in [2.45, 2.75) is 44.1 Å². The Balaban J connectivity index is 2.12. The first-order chi connectivity index (χ1) is 8.99. The molecule has 0 saturated heterocycles. The van der Waals surface area contributed by atoms with Crippen molar-refractivity contribution < 1.29 is 14.7 Å². The summed E-state index contributed by atoms with van der Waals surface area (Å²) in [6.07, 6.45) is 1.63. The third-order valence-corrected chi connectivity index (χ3v) is 5.11. The van der Waals surface area contributed by atoms with E-state index in [-0.39, 0.29) is 11.6 Å². The smallest absolute Gasteiger partial charge is 0.143 e. The molecule has 1 aromatic carbocycles. The third kappa shape index (κ3) is 1.54. The highest BCUT2D eigenvalue weighted by Crippen LogP contribution is 2.57. The minimum Gasteiger partial charge on any atom is -0.388 e. The molecule has 19 heavy (non-hydrogen) atoms. The Hall–Kier alpha value is -1.48. The standard InChI is InChI=1S/C16H18O3/c1-15-9-7-12(17)14(11-5-3-2-4-6-11)16(15,19)10-8-13(15)18/h2-6,14,19H,7-10H2,1H3/t14-,15+,16-/m0/s1. The molecule has 3 atom stereocenters. The number of ketones is 2. The van der Waals surface area contributed by atoms with Gasteiger partial charge in [-0.25, -0.2) is 0 Å². The van der Waals surface area contributed by atoms with Crippen molar-refractivity contribution in [2.75, 3.05) is 0 Å². The van der Waals surface area contributed by atoms with Gasteiger partial charge in [0.2, 0.25) is 0 Å². The molecule has 3 rings (SSSR count). The second kappa shape index (κ2) is 4.01. The molecule has 3 nitrogen and oxygen atoms in total. The molecule has 2 saturated carbocycles. The van der Waals surface area contributed by atoms with Gasteiger partial charge >= 0.3 is 0 Å². The van der Waals surface area contributed by atoms with E-state index in [2.05, 4.69) is 0 Å². The molecule has 2 aliphatic carbocycles. The Morgan fingerprint density at radius 2 is 1.79 bits per heavy atom. The van der Waals surface area contributed by atoms with E-state index in [4.69, 9.17) is 0 Å². The zero-order chi connectivity index (χ0) is 13.7. The molecule has 1 aromatic rings. The maximum atomic E-state index is 12.3. The van der Waals surface area contributed by atoms with Gasteiger partial charge in [0.15, 0.2) is 0 Å². The first kappa shape index (κ1) is 12.5.